The zero-order valence-corrected chi connectivity index (χ0v) is 13.8. The van der Waals surface area contributed by atoms with E-state index in [2.05, 4.69) is 19.2 Å². The quantitative estimate of drug-likeness (QED) is 0.877. The van der Waals surface area contributed by atoms with Crippen LogP contribution in [0.4, 0.5) is 0 Å². The molecule has 20 heavy (non-hydrogen) atoms. The third-order valence-electron chi connectivity index (χ3n) is 3.56. The molecule has 1 N–H and O–H groups in total. The smallest absolute Gasteiger partial charge is 0.252 e. The van der Waals surface area contributed by atoms with Gasteiger partial charge in [-0.15, -0.1) is 11.3 Å². The molecular weight excluding hydrogens is 292 g/mol. The van der Waals surface area contributed by atoms with Gasteiger partial charge in [-0.2, -0.15) is 4.31 Å². The number of nitrogens with one attached hydrogen (secondary N) is 1. The van der Waals surface area contributed by atoms with Gasteiger partial charge in [-0.25, -0.2) is 8.42 Å². The molecule has 0 spiro atoms. The summed E-state index contributed by atoms with van der Waals surface area (Å²) in [6, 6.07) is 3.49. The van der Waals surface area contributed by atoms with Gasteiger partial charge >= 0.3 is 0 Å². The molecular formula is C14H24N2O2S2. The van der Waals surface area contributed by atoms with E-state index < -0.39 is 10.0 Å². The molecule has 1 aliphatic heterocycles. The van der Waals surface area contributed by atoms with Gasteiger partial charge in [0.1, 0.15) is 4.21 Å². The number of hydrogen-bond donors (Lipinski definition) is 1. The summed E-state index contributed by atoms with van der Waals surface area (Å²) in [5, 5.41) is 5.26. The van der Waals surface area contributed by atoms with E-state index in [-0.39, 0.29) is 0 Å². The summed E-state index contributed by atoms with van der Waals surface area (Å²) in [5.74, 6) is 1.06. The predicted octanol–water partition coefficient (Wildman–Crippen LogP) is 2.39. The topological polar surface area (TPSA) is 49.4 Å². The van der Waals surface area contributed by atoms with Crippen LogP contribution in [0, 0.1) is 11.8 Å². The number of sulfonamides is 1. The molecule has 0 bridgehead atoms. The molecule has 4 nitrogen and oxygen atoms in total. The van der Waals surface area contributed by atoms with Crippen LogP contribution < -0.4 is 5.32 Å². The SMILES string of the molecule is CC(C)CNCC1CCCN(S(=O)(=O)c2cccs2)C1. The van der Waals surface area contributed by atoms with Gasteiger partial charge in [0.15, 0.2) is 0 Å². The Morgan fingerprint density at radius 1 is 1.50 bits per heavy atom. The van der Waals surface area contributed by atoms with Gasteiger partial charge in [0.2, 0.25) is 0 Å². The van der Waals surface area contributed by atoms with Crippen molar-refractivity contribution in [2.24, 2.45) is 11.8 Å². The van der Waals surface area contributed by atoms with Crippen LogP contribution in [0.2, 0.25) is 0 Å². The molecule has 2 heterocycles. The van der Waals surface area contributed by atoms with E-state index in [0.29, 0.717) is 29.1 Å². The first-order chi connectivity index (χ1) is 9.50. The van der Waals surface area contributed by atoms with Crippen LogP contribution in [-0.4, -0.2) is 38.9 Å². The minimum atomic E-state index is -3.27. The fourth-order valence-electron chi connectivity index (χ4n) is 2.53. The number of hydrogen-bond acceptors (Lipinski definition) is 4. The molecule has 1 aromatic heterocycles. The molecule has 0 aliphatic carbocycles. The van der Waals surface area contributed by atoms with Crippen LogP contribution >= 0.6 is 11.3 Å². The maximum atomic E-state index is 12.5. The Morgan fingerprint density at radius 3 is 2.95 bits per heavy atom. The summed E-state index contributed by atoms with van der Waals surface area (Å²) in [7, 11) is -3.27. The highest BCUT2D eigenvalue weighted by atomic mass is 32.2. The van der Waals surface area contributed by atoms with Crippen molar-refractivity contribution in [3.8, 4) is 0 Å². The highest BCUT2D eigenvalue weighted by molar-refractivity contribution is 7.91. The lowest BCUT2D eigenvalue weighted by molar-refractivity contribution is 0.258. The predicted molar refractivity (Wildman–Crippen MR) is 83.5 cm³/mol. The first kappa shape index (κ1) is 15.9. The Balaban J connectivity index is 1.93. The molecule has 0 radical (unpaired) electrons. The summed E-state index contributed by atoms with van der Waals surface area (Å²) >= 11 is 1.30. The Kier molecular flexibility index (Phi) is 5.60. The van der Waals surface area contributed by atoms with Crippen LogP contribution in [-0.2, 0) is 10.0 Å². The maximum Gasteiger partial charge on any atom is 0.252 e. The van der Waals surface area contributed by atoms with Crippen molar-refractivity contribution in [2.45, 2.75) is 30.9 Å². The summed E-state index contributed by atoms with van der Waals surface area (Å²) in [6.45, 7) is 7.57. The van der Waals surface area contributed by atoms with E-state index in [9.17, 15) is 8.42 Å². The minimum absolute atomic E-state index is 0.428. The van der Waals surface area contributed by atoms with Crippen molar-refractivity contribution in [2.75, 3.05) is 26.2 Å². The average molecular weight is 316 g/mol. The molecule has 1 aromatic rings. The maximum absolute atomic E-state index is 12.5. The second-order valence-corrected chi connectivity index (χ2v) is 8.97. The standard InChI is InChI=1S/C14H24N2O2S2/c1-12(2)9-15-10-13-5-3-7-16(11-13)20(17,18)14-6-4-8-19-14/h4,6,8,12-13,15H,3,5,7,9-11H2,1-2H3. The van der Waals surface area contributed by atoms with Crippen LogP contribution in [0.5, 0.6) is 0 Å². The van der Waals surface area contributed by atoms with Gasteiger partial charge in [-0.3, -0.25) is 0 Å². The third kappa shape index (κ3) is 4.04. The molecule has 6 heteroatoms. The van der Waals surface area contributed by atoms with Crippen molar-refractivity contribution in [1.82, 2.24) is 9.62 Å². The normalized spacial score (nSPS) is 21.4. The first-order valence-electron chi connectivity index (χ1n) is 7.24. The Bertz CT molecular complexity index is 497. The van der Waals surface area contributed by atoms with Crippen LogP contribution in [0.25, 0.3) is 0 Å². The molecule has 1 saturated heterocycles. The second-order valence-electron chi connectivity index (χ2n) is 5.86. The highest BCUT2D eigenvalue weighted by Gasteiger charge is 2.30. The fraction of sp³-hybridized carbons (Fsp3) is 0.714. The van der Waals surface area contributed by atoms with Gasteiger partial charge < -0.3 is 5.32 Å². The van der Waals surface area contributed by atoms with E-state index in [1.807, 2.05) is 5.38 Å². The van der Waals surface area contributed by atoms with Gasteiger partial charge in [0.25, 0.3) is 10.0 Å². The molecule has 0 amide bonds. The van der Waals surface area contributed by atoms with Crippen molar-refractivity contribution < 1.29 is 8.42 Å². The zero-order valence-electron chi connectivity index (χ0n) is 12.2. The summed E-state index contributed by atoms with van der Waals surface area (Å²) in [5.41, 5.74) is 0. The lowest BCUT2D eigenvalue weighted by atomic mass is 9.99. The lowest BCUT2D eigenvalue weighted by Gasteiger charge is -2.31. The van der Waals surface area contributed by atoms with Gasteiger partial charge in [-0.05, 0) is 49.2 Å². The minimum Gasteiger partial charge on any atom is -0.316 e. The average Bonchev–Trinajstić information content (AvgIpc) is 2.93. The molecule has 1 aliphatic rings. The van der Waals surface area contributed by atoms with Crippen LogP contribution in [0.1, 0.15) is 26.7 Å². The zero-order chi connectivity index (χ0) is 14.6. The summed E-state index contributed by atoms with van der Waals surface area (Å²) in [6.07, 6.45) is 2.07. The summed E-state index contributed by atoms with van der Waals surface area (Å²) < 4.78 is 27.1. The summed E-state index contributed by atoms with van der Waals surface area (Å²) in [4.78, 5) is 0. The molecule has 1 unspecified atom stereocenters. The molecule has 114 valence electrons. The second kappa shape index (κ2) is 7.02. The Morgan fingerprint density at radius 2 is 2.30 bits per heavy atom. The van der Waals surface area contributed by atoms with Gasteiger partial charge in [0.05, 0.1) is 0 Å². The Hall–Kier alpha value is -0.430. The molecule has 0 saturated carbocycles. The third-order valence-corrected chi connectivity index (χ3v) is 6.79. The monoisotopic (exact) mass is 316 g/mol. The fourth-order valence-corrected chi connectivity index (χ4v) is 5.22. The lowest BCUT2D eigenvalue weighted by Crippen LogP contribution is -2.43. The number of piperidine rings is 1. The van der Waals surface area contributed by atoms with Crippen LogP contribution in [0.15, 0.2) is 21.7 Å². The van der Waals surface area contributed by atoms with Crippen molar-refractivity contribution >= 4 is 21.4 Å². The van der Waals surface area contributed by atoms with E-state index >= 15 is 0 Å². The Labute approximate surface area is 126 Å². The largest absolute Gasteiger partial charge is 0.316 e. The molecule has 0 aromatic carbocycles. The van der Waals surface area contributed by atoms with Crippen LogP contribution in [0.3, 0.4) is 0 Å². The first-order valence-corrected chi connectivity index (χ1v) is 9.56. The molecule has 2 rings (SSSR count). The van der Waals surface area contributed by atoms with Crippen molar-refractivity contribution in [1.29, 1.82) is 0 Å². The highest BCUT2D eigenvalue weighted by Crippen LogP contribution is 2.26. The van der Waals surface area contributed by atoms with E-state index in [1.54, 1.807) is 16.4 Å². The van der Waals surface area contributed by atoms with E-state index in [0.717, 1.165) is 25.9 Å². The van der Waals surface area contributed by atoms with Crippen molar-refractivity contribution in [3.05, 3.63) is 17.5 Å². The number of thiophene rings is 1. The van der Waals surface area contributed by atoms with Gasteiger partial charge in [-0.1, -0.05) is 19.9 Å². The van der Waals surface area contributed by atoms with Crippen molar-refractivity contribution in [3.63, 3.8) is 0 Å². The molecule has 1 fully saturated rings. The number of rotatable bonds is 6. The van der Waals surface area contributed by atoms with E-state index in [4.69, 9.17) is 0 Å². The van der Waals surface area contributed by atoms with Gasteiger partial charge in [0, 0.05) is 13.1 Å². The molecule has 1 atom stereocenters. The van der Waals surface area contributed by atoms with E-state index in [1.165, 1.54) is 11.3 Å². The number of nitrogens with zero attached hydrogens (tertiary/aromatic N) is 1.